The molecule has 3 heteroatoms. The normalized spacial score (nSPS) is 12.3. The summed E-state index contributed by atoms with van der Waals surface area (Å²) in [7, 11) is 0. The minimum Gasteiger partial charge on any atom is -0.385 e. The van der Waals surface area contributed by atoms with Crippen molar-refractivity contribution in [2.45, 2.75) is 53.5 Å². The van der Waals surface area contributed by atoms with E-state index in [1.54, 1.807) is 0 Å². The van der Waals surface area contributed by atoms with Gasteiger partial charge in [-0.05, 0) is 56.4 Å². The molecule has 0 heterocycles. The van der Waals surface area contributed by atoms with E-state index in [0.29, 0.717) is 5.92 Å². The van der Waals surface area contributed by atoms with Crippen molar-refractivity contribution in [1.82, 2.24) is 5.32 Å². The number of aryl methyl sites for hydroxylation is 1. The highest BCUT2D eigenvalue weighted by molar-refractivity contribution is 5.95. The van der Waals surface area contributed by atoms with E-state index in [0.717, 1.165) is 36.2 Å². The number of hydrogen-bond acceptors (Lipinski definition) is 2. The molecule has 3 nitrogen and oxygen atoms in total. The number of benzene rings is 1. The Morgan fingerprint density at radius 3 is 2.50 bits per heavy atom. The summed E-state index contributed by atoms with van der Waals surface area (Å²) in [6.07, 6.45) is 2.09. The zero-order valence-corrected chi connectivity index (χ0v) is 13.4. The first kappa shape index (κ1) is 16.5. The van der Waals surface area contributed by atoms with Crippen molar-refractivity contribution in [3.8, 4) is 0 Å². The number of amides is 1. The number of nitrogens with one attached hydrogen (secondary N) is 2. The van der Waals surface area contributed by atoms with Crippen molar-refractivity contribution >= 4 is 11.6 Å². The molecular weight excluding hydrogens is 248 g/mol. The van der Waals surface area contributed by atoms with E-state index in [4.69, 9.17) is 0 Å². The summed E-state index contributed by atoms with van der Waals surface area (Å²) in [6.45, 7) is 11.5. The first-order valence-electron chi connectivity index (χ1n) is 7.59. The maximum Gasteiger partial charge on any atom is 0.251 e. The van der Waals surface area contributed by atoms with Crippen LogP contribution in [0.5, 0.6) is 0 Å². The van der Waals surface area contributed by atoms with Crippen molar-refractivity contribution in [3.05, 3.63) is 29.3 Å². The minimum absolute atomic E-state index is 0.0169. The Hall–Kier alpha value is -1.51. The van der Waals surface area contributed by atoms with Gasteiger partial charge in [0.2, 0.25) is 0 Å². The van der Waals surface area contributed by atoms with Crippen LogP contribution in [0.4, 0.5) is 5.69 Å². The fourth-order valence-corrected chi connectivity index (χ4v) is 2.34. The van der Waals surface area contributed by atoms with E-state index in [1.807, 2.05) is 25.1 Å². The molecule has 0 aromatic heterocycles. The van der Waals surface area contributed by atoms with Gasteiger partial charge in [-0.25, -0.2) is 0 Å². The van der Waals surface area contributed by atoms with Gasteiger partial charge in [0.15, 0.2) is 0 Å². The highest BCUT2D eigenvalue weighted by atomic mass is 16.1. The molecule has 2 N–H and O–H groups in total. The fraction of sp³-hybridized carbons (Fsp3) is 0.588. The number of carbonyl (C=O) groups is 1. The Morgan fingerprint density at radius 2 is 1.95 bits per heavy atom. The first-order valence-corrected chi connectivity index (χ1v) is 7.59. The van der Waals surface area contributed by atoms with E-state index >= 15 is 0 Å². The van der Waals surface area contributed by atoms with Gasteiger partial charge in [0.05, 0.1) is 0 Å². The Kier molecular flexibility index (Phi) is 6.56. The average Bonchev–Trinajstić information content (AvgIpc) is 2.36. The molecule has 0 fully saturated rings. The van der Waals surface area contributed by atoms with Crippen molar-refractivity contribution in [2.75, 3.05) is 11.9 Å². The quantitative estimate of drug-likeness (QED) is 0.791. The molecule has 1 rings (SSSR count). The molecule has 1 amide bonds. The lowest BCUT2D eigenvalue weighted by molar-refractivity contribution is 0.0936. The van der Waals surface area contributed by atoms with Crippen LogP contribution in [0.1, 0.15) is 56.5 Å². The highest BCUT2D eigenvalue weighted by Gasteiger charge is 2.12. The van der Waals surface area contributed by atoms with Crippen LogP contribution >= 0.6 is 0 Å². The topological polar surface area (TPSA) is 41.1 Å². The summed E-state index contributed by atoms with van der Waals surface area (Å²) < 4.78 is 0. The minimum atomic E-state index is 0.0169. The SMILES string of the molecule is CCCNc1ccc(C(=O)NC(C)CC(C)C)cc1C. The van der Waals surface area contributed by atoms with Crippen LogP contribution in [0, 0.1) is 12.8 Å². The van der Waals surface area contributed by atoms with Gasteiger partial charge in [0.1, 0.15) is 0 Å². The molecule has 0 aliphatic rings. The molecule has 0 saturated carbocycles. The molecule has 20 heavy (non-hydrogen) atoms. The molecular formula is C17H28N2O. The lowest BCUT2D eigenvalue weighted by Crippen LogP contribution is -2.33. The number of rotatable bonds is 7. The lowest BCUT2D eigenvalue weighted by atomic mass is 10.0. The maximum absolute atomic E-state index is 12.2. The van der Waals surface area contributed by atoms with Gasteiger partial charge in [-0.3, -0.25) is 4.79 Å². The van der Waals surface area contributed by atoms with Gasteiger partial charge in [-0.1, -0.05) is 20.8 Å². The molecule has 1 atom stereocenters. The van der Waals surface area contributed by atoms with Crippen LogP contribution < -0.4 is 10.6 Å². The number of anilines is 1. The van der Waals surface area contributed by atoms with Crippen molar-refractivity contribution in [1.29, 1.82) is 0 Å². The van der Waals surface area contributed by atoms with E-state index in [9.17, 15) is 4.79 Å². The lowest BCUT2D eigenvalue weighted by Gasteiger charge is -2.16. The van der Waals surface area contributed by atoms with Crippen LogP contribution in [0.25, 0.3) is 0 Å². The molecule has 112 valence electrons. The smallest absolute Gasteiger partial charge is 0.251 e. The maximum atomic E-state index is 12.2. The third-order valence-corrected chi connectivity index (χ3v) is 3.26. The third-order valence-electron chi connectivity index (χ3n) is 3.26. The third kappa shape index (κ3) is 5.24. The predicted molar refractivity (Wildman–Crippen MR) is 86.3 cm³/mol. The van der Waals surface area contributed by atoms with E-state index < -0.39 is 0 Å². The van der Waals surface area contributed by atoms with Gasteiger partial charge in [-0.15, -0.1) is 0 Å². The standard InChI is InChI=1S/C17H28N2O/c1-6-9-18-16-8-7-15(11-13(16)4)17(20)19-14(5)10-12(2)3/h7-8,11-12,14,18H,6,9-10H2,1-5H3,(H,19,20). The molecule has 0 bridgehead atoms. The highest BCUT2D eigenvalue weighted by Crippen LogP contribution is 2.17. The molecule has 0 spiro atoms. The second kappa shape index (κ2) is 7.93. The number of carbonyl (C=O) groups excluding carboxylic acids is 1. The molecule has 1 aromatic carbocycles. The second-order valence-corrected chi connectivity index (χ2v) is 5.96. The summed E-state index contributed by atoms with van der Waals surface area (Å²) >= 11 is 0. The van der Waals surface area contributed by atoms with E-state index in [2.05, 4.69) is 38.3 Å². The van der Waals surface area contributed by atoms with Crippen molar-refractivity contribution < 1.29 is 4.79 Å². The van der Waals surface area contributed by atoms with E-state index in [1.165, 1.54) is 0 Å². The average molecular weight is 276 g/mol. The summed E-state index contributed by atoms with van der Waals surface area (Å²) in [6, 6.07) is 6.05. The van der Waals surface area contributed by atoms with Gasteiger partial charge in [-0.2, -0.15) is 0 Å². The van der Waals surface area contributed by atoms with Crippen molar-refractivity contribution in [3.63, 3.8) is 0 Å². The molecule has 1 aromatic rings. The Morgan fingerprint density at radius 1 is 1.25 bits per heavy atom. The first-order chi connectivity index (χ1) is 9.43. The monoisotopic (exact) mass is 276 g/mol. The molecule has 1 unspecified atom stereocenters. The van der Waals surface area contributed by atoms with Gasteiger partial charge in [0, 0.05) is 23.8 Å². The molecule has 0 radical (unpaired) electrons. The van der Waals surface area contributed by atoms with Crippen LogP contribution in [0.3, 0.4) is 0 Å². The Bertz CT molecular complexity index is 441. The summed E-state index contributed by atoms with van der Waals surface area (Å²) in [4.78, 5) is 12.2. The fourth-order valence-electron chi connectivity index (χ4n) is 2.34. The van der Waals surface area contributed by atoms with E-state index in [-0.39, 0.29) is 11.9 Å². The van der Waals surface area contributed by atoms with Crippen LogP contribution in [0.2, 0.25) is 0 Å². The predicted octanol–water partition coefficient (Wildman–Crippen LogP) is 3.98. The Labute approximate surface area is 123 Å². The van der Waals surface area contributed by atoms with Crippen molar-refractivity contribution in [2.24, 2.45) is 5.92 Å². The van der Waals surface area contributed by atoms with Crippen LogP contribution in [-0.4, -0.2) is 18.5 Å². The largest absolute Gasteiger partial charge is 0.385 e. The number of hydrogen-bond donors (Lipinski definition) is 2. The zero-order valence-electron chi connectivity index (χ0n) is 13.4. The molecule has 0 aliphatic heterocycles. The summed E-state index contributed by atoms with van der Waals surface area (Å²) in [5.41, 5.74) is 2.96. The molecule has 0 aliphatic carbocycles. The second-order valence-electron chi connectivity index (χ2n) is 5.96. The van der Waals surface area contributed by atoms with Gasteiger partial charge >= 0.3 is 0 Å². The molecule has 0 saturated heterocycles. The van der Waals surface area contributed by atoms with Crippen LogP contribution in [-0.2, 0) is 0 Å². The summed E-state index contributed by atoms with van der Waals surface area (Å²) in [5, 5.41) is 6.42. The van der Waals surface area contributed by atoms with Crippen LogP contribution in [0.15, 0.2) is 18.2 Å². The van der Waals surface area contributed by atoms with Gasteiger partial charge < -0.3 is 10.6 Å². The summed E-state index contributed by atoms with van der Waals surface area (Å²) in [5.74, 6) is 0.607. The zero-order chi connectivity index (χ0) is 15.1. The Balaban J connectivity index is 2.67. The van der Waals surface area contributed by atoms with Gasteiger partial charge in [0.25, 0.3) is 5.91 Å².